The summed E-state index contributed by atoms with van der Waals surface area (Å²) < 4.78 is 0. The predicted octanol–water partition coefficient (Wildman–Crippen LogP) is -0.616. The number of nitrogens with zero attached hydrogens (tertiary/aromatic N) is 1. The van der Waals surface area contributed by atoms with Crippen molar-refractivity contribution in [1.29, 1.82) is 0 Å². The average molecular weight is 101 g/mol. The van der Waals surface area contributed by atoms with Crippen LogP contribution in [-0.2, 0) is 0 Å². The van der Waals surface area contributed by atoms with Crippen molar-refractivity contribution < 1.29 is 4.79 Å². The van der Waals surface area contributed by atoms with Crippen LogP contribution in [-0.4, -0.2) is 11.0 Å². The smallest absolute Gasteiger partial charge is 0.333 e. The van der Waals surface area contributed by atoms with Crippen LogP contribution < -0.4 is 11.6 Å². The number of carbonyl (C=O) groups is 1. The highest BCUT2D eigenvalue weighted by Crippen LogP contribution is 1.70. The third-order valence-corrected chi connectivity index (χ3v) is 0.451. The summed E-state index contributed by atoms with van der Waals surface area (Å²) in [6.45, 7) is 3.18. The van der Waals surface area contributed by atoms with Crippen molar-refractivity contribution in [3.8, 4) is 0 Å². The number of rotatable bonds is 1. The predicted molar refractivity (Wildman–Crippen MR) is 25.8 cm³/mol. The first-order chi connectivity index (χ1) is 3.18. The lowest BCUT2D eigenvalue weighted by Gasteiger charge is -2.03. The third kappa shape index (κ3) is 1.77. The molecule has 0 aliphatic heterocycles. The Morgan fingerprint density at radius 1 is 1.86 bits per heavy atom. The van der Waals surface area contributed by atoms with Gasteiger partial charge in [0.05, 0.1) is 0 Å². The molecule has 4 N–H and O–H groups in total. The maximum absolute atomic E-state index is 9.88. The summed E-state index contributed by atoms with van der Waals surface area (Å²) in [4.78, 5) is 9.88. The molecule has 4 nitrogen and oxygen atoms in total. The number of carbonyl (C=O) groups excluding carboxylic acids is 1. The number of nitrogens with two attached hydrogens (primary N) is 2. The van der Waals surface area contributed by atoms with Gasteiger partial charge in [0, 0.05) is 6.20 Å². The molecule has 0 atom stereocenters. The monoisotopic (exact) mass is 101 g/mol. The van der Waals surface area contributed by atoms with Gasteiger partial charge >= 0.3 is 6.03 Å². The van der Waals surface area contributed by atoms with Gasteiger partial charge in [-0.2, -0.15) is 0 Å². The van der Waals surface area contributed by atoms with Crippen LogP contribution in [0.15, 0.2) is 12.8 Å². The Morgan fingerprint density at radius 2 is 2.29 bits per heavy atom. The van der Waals surface area contributed by atoms with Gasteiger partial charge in [0.25, 0.3) is 0 Å². The van der Waals surface area contributed by atoms with Gasteiger partial charge in [0.15, 0.2) is 0 Å². The van der Waals surface area contributed by atoms with Gasteiger partial charge < -0.3 is 5.73 Å². The van der Waals surface area contributed by atoms with E-state index in [0.717, 1.165) is 6.20 Å². The highest BCUT2D eigenvalue weighted by molar-refractivity contribution is 5.72. The summed E-state index contributed by atoms with van der Waals surface area (Å²) in [7, 11) is 0. The second-order valence-corrected chi connectivity index (χ2v) is 0.928. The van der Waals surface area contributed by atoms with Crippen molar-refractivity contribution in [2.24, 2.45) is 11.6 Å². The molecule has 0 saturated carbocycles. The van der Waals surface area contributed by atoms with Gasteiger partial charge in [0.2, 0.25) is 0 Å². The zero-order valence-corrected chi connectivity index (χ0v) is 3.79. The van der Waals surface area contributed by atoms with Crippen molar-refractivity contribution in [2.75, 3.05) is 0 Å². The van der Waals surface area contributed by atoms with Crippen LogP contribution >= 0.6 is 0 Å². The lowest BCUT2D eigenvalue weighted by atomic mass is 10.9. The quantitative estimate of drug-likeness (QED) is 0.262. The molecule has 0 aromatic carbocycles. The Balaban J connectivity index is 3.55. The zero-order chi connectivity index (χ0) is 5.86. The molecule has 0 radical (unpaired) electrons. The Labute approximate surface area is 41.4 Å². The molecule has 0 bridgehead atoms. The van der Waals surface area contributed by atoms with E-state index in [1.807, 2.05) is 0 Å². The van der Waals surface area contributed by atoms with Gasteiger partial charge in [-0.05, 0) is 0 Å². The highest BCUT2D eigenvalue weighted by Gasteiger charge is 1.92. The number of hydrogen-bond donors (Lipinski definition) is 2. The fourth-order valence-corrected chi connectivity index (χ4v) is 0.0900. The number of amides is 2. The molecular weight excluding hydrogens is 94.1 g/mol. The fraction of sp³-hybridized carbons (Fsp3) is 0. The van der Waals surface area contributed by atoms with Crippen LogP contribution in [0.5, 0.6) is 0 Å². The van der Waals surface area contributed by atoms with Crippen molar-refractivity contribution in [3.05, 3.63) is 12.8 Å². The summed E-state index contributed by atoms with van der Waals surface area (Å²) in [6.07, 6.45) is 1.13. The molecule has 40 valence electrons. The molecule has 0 rings (SSSR count). The lowest BCUT2D eigenvalue weighted by Crippen LogP contribution is -2.36. The molecule has 0 aliphatic rings. The van der Waals surface area contributed by atoms with Crippen LogP contribution in [0, 0.1) is 0 Å². The van der Waals surface area contributed by atoms with E-state index in [-0.39, 0.29) is 0 Å². The largest absolute Gasteiger partial charge is 0.350 e. The molecule has 0 fully saturated rings. The number of primary amides is 1. The van der Waals surface area contributed by atoms with E-state index in [9.17, 15) is 4.79 Å². The first-order valence-electron chi connectivity index (χ1n) is 1.64. The standard InChI is InChI=1S/C3H7N3O/c1-2-6(5)3(4)7/h2H,1,5H2,(H2,4,7). The summed E-state index contributed by atoms with van der Waals surface area (Å²) in [5.41, 5.74) is 4.64. The number of hydrazine groups is 1. The van der Waals surface area contributed by atoms with E-state index in [2.05, 4.69) is 12.3 Å². The number of urea groups is 1. The summed E-state index contributed by atoms with van der Waals surface area (Å²) in [5.74, 6) is 4.86. The zero-order valence-electron chi connectivity index (χ0n) is 3.79. The summed E-state index contributed by atoms with van der Waals surface area (Å²) in [5, 5.41) is 0.694. The third-order valence-electron chi connectivity index (χ3n) is 0.451. The minimum absolute atomic E-state index is 0.694. The van der Waals surface area contributed by atoms with Crippen molar-refractivity contribution in [1.82, 2.24) is 5.01 Å². The Morgan fingerprint density at radius 3 is 2.29 bits per heavy atom. The van der Waals surface area contributed by atoms with Crippen LogP contribution in [0.3, 0.4) is 0 Å². The van der Waals surface area contributed by atoms with Gasteiger partial charge in [-0.3, -0.25) is 0 Å². The van der Waals surface area contributed by atoms with Crippen LogP contribution in [0.25, 0.3) is 0 Å². The van der Waals surface area contributed by atoms with Gasteiger partial charge in [-0.25, -0.2) is 15.6 Å². The SMILES string of the molecule is C=CN(N)C(N)=O. The molecule has 0 spiro atoms. The normalized spacial score (nSPS) is 7.57. The second-order valence-electron chi connectivity index (χ2n) is 0.928. The summed E-state index contributed by atoms with van der Waals surface area (Å²) >= 11 is 0. The van der Waals surface area contributed by atoms with Gasteiger partial charge in [-0.15, -0.1) is 0 Å². The topological polar surface area (TPSA) is 72.3 Å². The van der Waals surface area contributed by atoms with Crippen molar-refractivity contribution >= 4 is 6.03 Å². The molecule has 0 unspecified atom stereocenters. The van der Waals surface area contributed by atoms with E-state index < -0.39 is 6.03 Å². The van der Waals surface area contributed by atoms with Crippen LogP contribution in [0.2, 0.25) is 0 Å². The van der Waals surface area contributed by atoms with Gasteiger partial charge in [-0.1, -0.05) is 6.58 Å². The molecular formula is C3H7N3O. The molecule has 7 heavy (non-hydrogen) atoms. The van der Waals surface area contributed by atoms with E-state index in [0.29, 0.717) is 5.01 Å². The van der Waals surface area contributed by atoms with E-state index in [1.54, 1.807) is 0 Å². The highest BCUT2D eigenvalue weighted by atomic mass is 16.2. The Kier molecular flexibility index (Phi) is 1.87. The van der Waals surface area contributed by atoms with Crippen molar-refractivity contribution in [3.63, 3.8) is 0 Å². The van der Waals surface area contributed by atoms with E-state index in [4.69, 9.17) is 5.84 Å². The Bertz CT molecular complexity index is 90.2. The molecule has 2 amide bonds. The summed E-state index contributed by atoms with van der Waals surface area (Å²) in [6, 6.07) is -0.713. The number of hydrogen-bond acceptors (Lipinski definition) is 2. The lowest BCUT2D eigenvalue weighted by molar-refractivity contribution is 0.225. The molecule has 0 aromatic rings. The molecule has 4 heteroatoms. The molecule has 0 aliphatic carbocycles. The van der Waals surface area contributed by atoms with Crippen molar-refractivity contribution in [2.45, 2.75) is 0 Å². The minimum Gasteiger partial charge on any atom is -0.350 e. The first kappa shape index (κ1) is 5.97. The maximum atomic E-state index is 9.88. The van der Waals surface area contributed by atoms with E-state index in [1.165, 1.54) is 0 Å². The molecule has 0 saturated heterocycles. The maximum Gasteiger partial charge on any atom is 0.333 e. The Hall–Kier alpha value is -1.03. The van der Waals surface area contributed by atoms with Crippen LogP contribution in [0.4, 0.5) is 4.79 Å². The fourth-order valence-electron chi connectivity index (χ4n) is 0.0900. The second kappa shape index (κ2) is 2.20. The van der Waals surface area contributed by atoms with Gasteiger partial charge in [0.1, 0.15) is 0 Å². The van der Waals surface area contributed by atoms with E-state index >= 15 is 0 Å². The minimum atomic E-state index is -0.713. The molecule has 0 aromatic heterocycles. The van der Waals surface area contributed by atoms with Crippen LogP contribution in [0.1, 0.15) is 0 Å². The molecule has 0 heterocycles. The average Bonchev–Trinajstić information content (AvgIpc) is 1.65. The first-order valence-corrected chi connectivity index (χ1v) is 1.64.